The molecule has 1 aliphatic heterocycles. The minimum absolute atomic E-state index is 0.0426. The molecule has 1 rings (SSSR count). The van der Waals surface area contributed by atoms with E-state index in [-0.39, 0.29) is 11.9 Å². The summed E-state index contributed by atoms with van der Waals surface area (Å²) in [5.41, 5.74) is 0. The van der Waals surface area contributed by atoms with Crippen LogP contribution in [-0.2, 0) is 15.6 Å². The lowest BCUT2D eigenvalue weighted by atomic mass is 10.0. The lowest BCUT2D eigenvalue weighted by molar-refractivity contribution is -0.135. The van der Waals surface area contributed by atoms with Crippen molar-refractivity contribution < 1.29 is 9.00 Å². The van der Waals surface area contributed by atoms with Gasteiger partial charge in [-0.15, -0.1) is 0 Å². The zero-order chi connectivity index (χ0) is 12.1. The average Bonchev–Trinajstić information content (AvgIpc) is 2.18. The molecule has 5 heteroatoms. The first-order valence-corrected chi connectivity index (χ1v) is 7.58. The Kier molecular flexibility index (Phi) is 5.41. The van der Waals surface area contributed by atoms with Gasteiger partial charge in [0, 0.05) is 41.9 Å². The highest BCUT2D eigenvalue weighted by Gasteiger charge is 2.28. The lowest BCUT2D eigenvalue weighted by Gasteiger charge is -2.33. The van der Waals surface area contributed by atoms with Gasteiger partial charge in [-0.2, -0.15) is 0 Å². The van der Waals surface area contributed by atoms with E-state index in [4.69, 9.17) is 0 Å². The molecule has 16 heavy (non-hydrogen) atoms. The van der Waals surface area contributed by atoms with Crippen LogP contribution < -0.4 is 5.32 Å². The van der Waals surface area contributed by atoms with Gasteiger partial charge in [0.1, 0.15) is 0 Å². The van der Waals surface area contributed by atoms with Crippen LogP contribution in [0.25, 0.3) is 0 Å². The van der Waals surface area contributed by atoms with Crippen molar-refractivity contribution in [3.05, 3.63) is 0 Å². The third-order valence-electron chi connectivity index (χ3n) is 2.71. The predicted molar refractivity (Wildman–Crippen MR) is 66.8 cm³/mol. The summed E-state index contributed by atoms with van der Waals surface area (Å²) in [7, 11) is -0.818. The van der Waals surface area contributed by atoms with Crippen molar-refractivity contribution in [1.82, 2.24) is 10.2 Å². The number of piperidine rings is 1. The van der Waals surface area contributed by atoms with Crippen molar-refractivity contribution in [2.24, 2.45) is 0 Å². The number of amides is 1. The summed E-state index contributed by atoms with van der Waals surface area (Å²) in [6, 6.07) is 0.285. The normalized spacial score (nSPS) is 23.9. The van der Waals surface area contributed by atoms with Gasteiger partial charge in [-0.05, 0) is 12.8 Å². The molecule has 0 aromatic carbocycles. The summed E-state index contributed by atoms with van der Waals surface area (Å²) in [5, 5.41) is 3.28. The maximum atomic E-state index is 12.0. The van der Waals surface area contributed by atoms with Gasteiger partial charge in [-0.25, -0.2) is 0 Å². The molecule has 1 heterocycles. The van der Waals surface area contributed by atoms with Gasteiger partial charge in [0.2, 0.25) is 5.91 Å². The van der Waals surface area contributed by atoms with Crippen molar-refractivity contribution in [3.8, 4) is 0 Å². The molecular weight excluding hydrogens is 224 g/mol. The summed E-state index contributed by atoms with van der Waals surface area (Å²) >= 11 is 0. The number of nitrogens with one attached hydrogen (secondary N) is 1. The Morgan fingerprint density at radius 1 is 1.56 bits per heavy atom. The topological polar surface area (TPSA) is 49.4 Å². The Morgan fingerprint density at radius 3 is 2.81 bits per heavy atom. The summed E-state index contributed by atoms with van der Waals surface area (Å²) in [5.74, 6) is 0.755. The zero-order valence-electron chi connectivity index (χ0n) is 10.4. The van der Waals surface area contributed by atoms with Crippen LogP contribution in [0, 0.1) is 0 Å². The van der Waals surface area contributed by atoms with Gasteiger partial charge in [-0.3, -0.25) is 9.00 Å². The molecule has 4 nitrogen and oxygen atoms in total. The number of carbonyl (C=O) groups excluding carboxylic acids is 1. The highest BCUT2D eigenvalue weighted by atomic mass is 32.2. The van der Waals surface area contributed by atoms with Gasteiger partial charge in [0.15, 0.2) is 0 Å². The van der Waals surface area contributed by atoms with Crippen LogP contribution in [0.5, 0.6) is 0 Å². The maximum Gasteiger partial charge on any atom is 0.239 e. The molecule has 0 aromatic heterocycles. The van der Waals surface area contributed by atoms with Crippen molar-refractivity contribution in [2.75, 3.05) is 25.1 Å². The summed E-state index contributed by atoms with van der Waals surface area (Å²) in [4.78, 5) is 13.9. The highest BCUT2D eigenvalue weighted by molar-refractivity contribution is 7.84. The van der Waals surface area contributed by atoms with E-state index in [1.165, 1.54) is 0 Å². The molecule has 0 radical (unpaired) electrons. The van der Waals surface area contributed by atoms with Crippen LogP contribution in [0.2, 0.25) is 0 Å². The van der Waals surface area contributed by atoms with E-state index >= 15 is 0 Å². The molecule has 2 atom stereocenters. The standard InChI is InChI=1S/C11H22N2O2S/c1-9(2)12-10-5-4-6-13(11(10)14)7-8-16(3)15/h9-10,12H,4-8H2,1-3H3. The van der Waals surface area contributed by atoms with Gasteiger partial charge >= 0.3 is 0 Å². The number of rotatable bonds is 5. The highest BCUT2D eigenvalue weighted by Crippen LogP contribution is 2.12. The second-order valence-electron chi connectivity index (χ2n) is 4.62. The lowest BCUT2D eigenvalue weighted by Crippen LogP contribution is -2.53. The van der Waals surface area contributed by atoms with E-state index in [9.17, 15) is 9.00 Å². The van der Waals surface area contributed by atoms with E-state index in [0.29, 0.717) is 18.3 Å². The second-order valence-corrected chi connectivity index (χ2v) is 6.17. The smallest absolute Gasteiger partial charge is 0.239 e. The summed E-state index contributed by atoms with van der Waals surface area (Å²) in [6.07, 6.45) is 3.63. The first kappa shape index (κ1) is 13.6. The Morgan fingerprint density at radius 2 is 2.25 bits per heavy atom. The van der Waals surface area contributed by atoms with Gasteiger partial charge in [0.05, 0.1) is 6.04 Å². The molecule has 94 valence electrons. The van der Waals surface area contributed by atoms with E-state index in [1.807, 2.05) is 18.7 Å². The maximum absolute atomic E-state index is 12.0. The molecule has 1 N–H and O–H groups in total. The van der Waals surface area contributed by atoms with E-state index < -0.39 is 10.8 Å². The number of nitrogens with zero attached hydrogens (tertiary/aromatic N) is 1. The molecule has 0 aromatic rings. The van der Waals surface area contributed by atoms with E-state index in [2.05, 4.69) is 5.32 Å². The first-order chi connectivity index (χ1) is 7.50. The Bertz CT molecular complexity index is 269. The molecule has 1 aliphatic rings. The Labute approximate surface area is 100 Å². The third-order valence-corrected chi connectivity index (χ3v) is 3.47. The fourth-order valence-corrected chi connectivity index (χ4v) is 2.44. The number of carbonyl (C=O) groups is 1. The Balaban J connectivity index is 2.47. The third kappa shape index (κ3) is 4.22. The minimum Gasteiger partial charge on any atom is -0.340 e. The van der Waals surface area contributed by atoms with Gasteiger partial charge in [-0.1, -0.05) is 13.8 Å². The van der Waals surface area contributed by atoms with Crippen LogP contribution in [0.3, 0.4) is 0 Å². The van der Waals surface area contributed by atoms with E-state index in [1.54, 1.807) is 6.26 Å². The van der Waals surface area contributed by atoms with Crippen LogP contribution in [0.15, 0.2) is 0 Å². The molecule has 0 spiro atoms. The number of hydrogen-bond acceptors (Lipinski definition) is 3. The van der Waals surface area contributed by atoms with Crippen LogP contribution >= 0.6 is 0 Å². The SMILES string of the molecule is CC(C)NC1CCCN(CCS(C)=O)C1=O. The quantitative estimate of drug-likeness (QED) is 0.762. The van der Waals surface area contributed by atoms with Crippen molar-refractivity contribution in [1.29, 1.82) is 0 Å². The van der Waals surface area contributed by atoms with E-state index in [0.717, 1.165) is 19.4 Å². The number of hydrogen-bond donors (Lipinski definition) is 1. The molecule has 1 saturated heterocycles. The fourth-order valence-electron chi connectivity index (χ4n) is 1.96. The minimum atomic E-state index is -0.818. The van der Waals surface area contributed by atoms with Crippen LogP contribution in [0.1, 0.15) is 26.7 Å². The predicted octanol–water partition coefficient (Wildman–Crippen LogP) is 0.354. The molecule has 1 amide bonds. The second kappa shape index (κ2) is 6.35. The molecule has 2 unspecified atom stereocenters. The van der Waals surface area contributed by atoms with Crippen molar-refractivity contribution >= 4 is 16.7 Å². The molecule has 1 fully saturated rings. The molecule has 0 aliphatic carbocycles. The average molecular weight is 246 g/mol. The molecule has 0 saturated carbocycles. The summed E-state index contributed by atoms with van der Waals surface area (Å²) in [6.45, 7) is 5.53. The fraction of sp³-hybridized carbons (Fsp3) is 0.909. The monoisotopic (exact) mass is 246 g/mol. The summed E-state index contributed by atoms with van der Waals surface area (Å²) < 4.78 is 11.0. The van der Waals surface area contributed by atoms with Crippen LogP contribution in [-0.4, -0.2) is 52.2 Å². The largest absolute Gasteiger partial charge is 0.340 e. The van der Waals surface area contributed by atoms with Gasteiger partial charge in [0.25, 0.3) is 0 Å². The van der Waals surface area contributed by atoms with Crippen LogP contribution in [0.4, 0.5) is 0 Å². The van der Waals surface area contributed by atoms with Crippen molar-refractivity contribution in [2.45, 2.75) is 38.8 Å². The Hall–Kier alpha value is -0.420. The first-order valence-electron chi connectivity index (χ1n) is 5.85. The molecule has 0 bridgehead atoms. The molecular formula is C11H22N2O2S. The van der Waals surface area contributed by atoms with Gasteiger partial charge < -0.3 is 10.2 Å². The zero-order valence-corrected chi connectivity index (χ0v) is 11.2. The van der Waals surface area contributed by atoms with Crippen molar-refractivity contribution in [3.63, 3.8) is 0 Å². The number of likely N-dealkylation sites (tertiary alicyclic amines) is 1.